The maximum absolute atomic E-state index is 11.6. The predicted octanol–water partition coefficient (Wildman–Crippen LogP) is 0.777. The molecule has 17 heavy (non-hydrogen) atoms. The molecule has 1 saturated carbocycles. The Morgan fingerprint density at radius 1 is 1.71 bits per heavy atom. The third-order valence-corrected chi connectivity index (χ3v) is 3.59. The quantitative estimate of drug-likeness (QED) is 0.600. The van der Waals surface area contributed by atoms with Gasteiger partial charge in [-0.2, -0.15) is 0 Å². The molecule has 1 fully saturated rings. The summed E-state index contributed by atoms with van der Waals surface area (Å²) < 4.78 is 0. The second-order valence-electron chi connectivity index (χ2n) is 4.22. The number of nitrogens with one attached hydrogen (secondary N) is 2. The number of aromatic nitrogens is 2. The molecule has 6 heteroatoms. The minimum absolute atomic E-state index is 0.0131. The topological polar surface area (TPSA) is 74.8 Å². The zero-order valence-electron chi connectivity index (χ0n) is 9.60. The van der Waals surface area contributed by atoms with E-state index in [9.17, 15) is 9.59 Å². The van der Waals surface area contributed by atoms with E-state index < -0.39 is 0 Å². The van der Waals surface area contributed by atoms with Crippen LogP contribution in [0.25, 0.3) is 0 Å². The van der Waals surface area contributed by atoms with E-state index in [-0.39, 0.29) is 23.3 Å². The largest absolute Gasteiger partial charge is 0.353 e. The molecule has 1 amide bonds. The van der Waals surface area contributed by atoms with Gasteiger partial charge in [0.15, 0.2) is 5.16 Å². The van der Waals surface area contributed by atoms with Crippen molar-refractivity contribution in [3.8, 4) is 0 Å². The average molecular weight is 253 g/mol. The molecule has 1 atom stereocenters. The van der Waals surface area contributed by atoms with Crippen molar-refractivity contribution in [1.82, 2.24) is 15.3 Å². The van der Waals surface area contributed by atoms with Gasteiger partial charge in [0.2, 0.25) is 5.91 Å². The van der Waals surface area contributed by atoms with Gasteiger partial charge in [-0.3, -0.25) is 9.59 Å². The monoisotopic (exact) mass is 253 g/mol. The molecule has 0 aliphatic heterocycles. The van der Waals surface area contributed by atoms with E-state index in [1.54, 1.807) is 0 Å². The zero-order chi connectivity index (χ0) is 12.3. The van der Waals surface area contributed by atoms with Crippen LogP contribution in [-0.4, -0.2) is 27.7 Å². The van der Waals surface area contributed by atoms with Crippen LogP contribution >= 0.6 is 11.8 Å². The predicted molar refractivity (Wildman–Crippen MR) is 65.9 cm³/mol. The Morgan fingerprint density at radius 2 is 2.47 bits per heavy atom. The van der Waals surface area contributed by atoms with Crippen molar-refractivity contribution >= 4 is 17.7 Å². The summed E-state index contributed by atoms with van der Waals surface area (Å²) >= 11 is 1.24. The van der Waals surface area contributed by atoms with Gasteiger partial charge in [0.05, 0.1) is 5.75 Å². The van der Waals surface area contributed by atoms with Crippen LogP contribution in [0.4, 0.5) is 0 Å². The minimum atomic E-state index is -0.200. The van der Waals surface area contributed by atoms with Crippen molar-refractivity contribution in [2.45, 2.75) is 31.0 Å². The van der Waals surface area contributed by atoms with E-state index in [1.807, 2.05) is 6.92 Å². The molecule has 0 bridgehead atoms. The Hall–Kier alpha value is -1.30. The Balaban J connectivity index is 1.77. The summed E-state index contributed by atoms with van der Waals surface area (Å²) in [6.45, 7) is 2.03. The fourth-order valence-corrected chi connectivity index (χ4v) is 2.23. The molecule has 1 aromatic rings. The summed E-state index contributed by atoms with van der Waals surface area (Å²) in [4.78, 5) is 29.1. The maximum Gasteiger partial charge on any atom is 0.251 e. The van der Waals surface area contributed by atoms with Crippen molar-refractivity contribution in [1.29, 1.82) is 0 Å². The van der Waals surface area contributed by atoms with E-state index in [2.05, 4.69) is 15.3 Å². The number of hydrogen-bond donors (Lipinski definition) is 2. The first-order valence-electron chi connectivity index (χ1n) is 5.62. The normalized spacial score (nSPS) is 16.5. The van der Waals surface area contributed by atoms with Crippen LogP contribution < -0.4 is 10.9 Å². The Morgan fingerprint density at radius 3 is 3.12 bits per heavy atom. The number of hydrogen-bond acceptors (Lipinski definition) is 4. The molecular weight excluding hydrogens is 238 g/mol. The second-order valence-corrected chi connectivity index (χ2v) is 5.19. The highest BCUT2D eigenvalue weighted by Gasteiger charge is 2.28. The number of rotatable bonds is 5. The van der Waals surface area contributed by atoms with E-state index >= 15 is 0 Å². The molecule has 0 spiro atoms. The third-order valence-electron chi connectivity index (χ3n) is 2.71. The molecule has 0 aromatic carbocycles. The Labute approximate surface area is 103 Å². The van der Waals surface area contributed by atoms with Gasteiger partial charge in [-0.25, -0.2) is 4.98 Å². The first-order chi connectivity index (χ1) is 8.15. The molecule has 1 heterocycles. The van der Waals surface area contributed by atoms with Crippen LogP contribution in [0.15, 0.2) is 22.2 Å². The van der Waals surface area contributed by atoms with Gasteiger partial charge < -0.3 is 10.3 Å². The summed E-state index contributed by atoms with van der Waals surface area (Å²) in [7, 11) is 0. The second kappa shape index (κ2) is 5.35. The first kappa shape index (κ1) is 12.2. The van der Waals surface area contributed by atoms with Crippen LogP contribution in [0, 0.1) is 5.92 Å². The molecule has 0 saturated heterocycles. The number of nitrogens with zero attached hydrogens (tertiary/aromatic N) is 1. The molecule has 0 radical (unpaired) electrons. The minimum Gasteiger partial charge on any atom is -0.353 e. The fraction of sp³-hybridized carbons (Fsp3) is 0.545. The molecule has 5 nitrogen and oxygen atoms in total. The van der Waals surface area contributed by atoms with Crippen molar-refractivity contribution in [3.05, 3.63) is 22.6 Å². The van der Waals surface area contributed by atoms with E-state index in [1.165, 1.54) is 36.9 Å². The number of aromatic amines is 1. The molecule has 2 rings (SSSR count). The lowest BCUT2D eigenvalue weighted by molar-refractivity contribution is -0.119. The Kier molecular flexibility index (Phi) is 3.83. The highest BCUT2D eigenvalue weighted by molar-refractivity contribution is 7.99. The number of carbonyl (C=O) groups is 1. The zero-order valence-corrected chi connectivity index (χ0v) is 10.4. The van der Waals surface area contributed by atoms with Crippen molar-refractivity contribution < 1.29 is 4.79 Å². The van der Waals surface area contributed by atoms with Crippen LogP contribution in [0.3, 0.4) is 0 Å². The lowest BCUT2D eigenvalue weighted by Crippen LogP contribution is -2.35. The van der Waals surface area contributed by atoms with Crippen LogP contribution in [-0.2, 0) is 4.79 Å². The molecule has 2 N–H and O–H groups in total. The maximum atomic E-state index is 11.6. The standard InChI is InChI=1S/C11H15N3O2S/c1-7(8-2-3-8)13-10(16)6-17-11-12-5-4-9(15)14-11/h4-5,7-8H,2-3,6H2,1H3,(H,13,16)(H,12,14,15)/t7-/m0/s1. The molecule has 1 aliphatic carbocycles. The number of H-pyrrole nitrogens is 1. The number of thioether (sulfide) groups is 1. The van der Waals surface area contributed by atoms with Gasteiger partial charge in [0.1, 0.15) is 0 Å². The SMILES string of the molecule is C[C@H](NC(=O)CSc1nccc(=O)[nH]1)C1CC1. The summed E-state index contributed by atoms with van der Waals surface area (Å²) in [6, 6.07) is 1.60. The highest BCUT2D eigenvalue weighted by atomic mass is 32.2. The first-order valence-corrected chi connectivity index (χ1v) is 6.61. The summed E-state index contributed by atoms with van der Waals surface area (Å²) in [5.74, 6) is 0.920. The van der Waals surface area contributed by atoms with Crippen molar-refractivity contribution in [2.24, 2.45) is 5.92 Å². The molecule has 1 aromatic heterocycles. The smallest absolute Gasteiger partial charge is 0.251 e. The lowest BCUT2D eigenvalue weighted by atomic mass is 10.2. The Bertz CT molecular complexity index is 456. The average Bonchev–Trinajstić information content (AvgIpc) is 3.10. The van der Waals surface area contributed by atoms with E-state index in [0.717, 1.165) is 0 Å². The van der Waals surface area contributed by atoms with Crippen molar-refractivity contribution in [3.63, 3.8) is 0 Å². The van der Waals surface area contributed by atoms with Gasteiger partial charge >= 0.3 is 0 Å². The number of carbonyl (C=O) groups excluding carboxylic acids is 1. The molecular formula is C11H15N3O2S. The van der Waals surface area contributed by atoms with Crippen LogP contribution in [0.1, 0.15) is 19.8 Å². The number of amides is 1. The van der Waals surface area contributed by atoms with Gasteiger partial charge in [0.25, 0.3) is 5.56 Å². The van der Waals surface area contributed by atoms with Crippen molar-refractivity contribution in [2.75, 3.05) is 5.75 Å². The van der Waals surface area contributed by atoms with E-state index in [0.29, 0.717) is 11.1 Å². The molecule has 1 aliphatic rings. The van der Waals surface area contributed by atoms with Gasteiger partial charge in [-0.05, 0) is 25.7 Å². The fourth-order valence-electron chi connectivity index (χ4n) is 1.57. The summed E-state index contributed by atoms with van der Waals surface area (Å²) in [5.41, 5.74) is -0.200. The summed E-state index contributed by atoms with van der Waals surface area (Å²) in [6.07, 6.45) is 3.86. The van der Waals surface area contributed by atoms with Crippen LogP contribution in [0.2, 0.25) is 0 Å². The third kappa shape index (κ3) is 3.89. The van der Waals surface area contributed by atoms with E-state index in [4.69, 9.17) is 0 Å². The van der Waals surface area contributed by atoms with Gasteiger partial charge in [-0.1, -0.05) is 11.8 Å². The van der Waals surface area contributed by atoms with Gasteiger partial charge in [0, 0.05) is 18.3 Å². The molecule has 0 unspecified atom stereocenters. The highest BCUT2D eigenvalue weighted by Crippen LogP contribution is 2.32. The van der Waals surface area contributed by atoms with Gasteiger partial charge in [-0.15, -0.1) is 0 Å². The summed E-state index contributed by atoms with van der Waals surface area (Å²) in [5, 5.41) is 3.43. The lowest BCUT2D eigenvalue weighted by Gasteiger charge is -2.11. The molecule has 92 valence electrons. The van der Waals surface area contributed by atoms with Crippen LogP contribution in [0.5, 0.6) is 0 Å².